The predicted molar refractivity (Wildman–Crippen MR) is 65.2 cm³/mol. The second-order valence-corrected chi connectivity index (χ2v) is 5.01. The highest BCUT2D eigenvalue weighted by molar-refractivity contribution is 7.15. The van der Waals surface area contributed by atoms with Gasteiger partial charge in [0.1, 0.15) is 11.6 Å². The lowest BCUT2D eigenvalue weighted by Crippen LogP contribution is -1.99. The summed E-state index contributed by atoms with van der Waals surface area (Å²) in [5.41, 5.74) is 6.81. The molecule has 0 aliphatic carbocycles. The van der Waals surface area contributed by atoms with Crippen molar-refractivity contribution in [1.29, 1.82) is 0 Å². The van der Waals surface area contributed by atoms with Crippen molar-refractivity contribution in [2.45, 2.75) is 20.3 Å². The van der Waals surface area contributed by atoms with Crippen LogP contribution in [-0.4, -0.2) is 4.98 Å². The van der Waals surface area contributed by atoms with E-state index < -0.39 is 11.6 Å². The summed E-state index contributed by atoms with van der Waals surface area (Å²) in [6.45, 7) is 3.40. The molecular weight excluding hydrogens is 242 g/mol. The molecule has 0 fully saturated rings. The van der Waals surface area contributed by atoms with Crippen molar-refractivity contribution in [1.82, 2.24) is 4.98 Å². The third kappa shape index (κ3) is 2.29. The van der Waals surface area contributed by atoms with Crippen molar-refractivity contribution in [2.24, 2.45) is 0 Å². The molecule has 0 unspecified atom stereocenters. The Morgan fingerprint density at radius 2 is 2.00 bits per heavy atom. The minimum Gasteiger partial charge on any atom is -0.375 e. The quantitative estimate of drug-likeness (QED) is 0.893. The minimum absolute atomic E-state index is 0.0803. The van der Waals surface area contributed by atoms with E-state index in [4.69, 9.17) is 5.73 Å². The van der Waals surface area contributed by atoms with Crippen molar-refractivity contribution < 1.29 is 8.78 Å². The number of hydrogen-bond acceptors (Lipinski definition) is 3. The highest BCUT2D eigenvalue weighted by Gasteiger charge is 2.15. The van der Waals surface area contributed by atoms with Crippen molar-refractivity contribution in [3.63, 3.8) is 0 Å². The van der Waals surface area contributed by atoms with E-state index in [9.17, 15) is 8.78 Å². The third-order valence-corrected chi connectivity index (χ3v) is 3.61. The second kappa shape index (κ2) is 4.41. The van der Waals surface area contributed by atoms with Crippen LogP contribution >= 0.6 is 11.3 Å². The number of anilines is 1. The van der Waals surface area contributed by atoms with E-state index in [0.29, 0.717) is 10.7 Å². The first-order valence-electron chi connectivity index (χ1n) is 5.14. The molecule has 2 aromatic rings. The zero-order valence-corrected chi connectivity index (χ0v) is 10.4. The van der Waals surface area contributed by atoms with Gasteiger partial charge < -0.3 is 5.73 Å². The molecule has 0 saturated carbocycles. The average Bonchev–Trinajstić information content (AvgIpc) is 2.58. The highest BCUT2D eigenvalue weighted by Crippen LogP contribution is 2.26. The van der Waals surface area contributed by atoms with Crippen molar-refractivity contribution in [2.75, 3.05) is 5.73 Å². The van der Waals surface area contributed by atoms with Crippen molar-refractivity contribution >= 4 is 16.5 Å². The number of benzene rings is 1. The van der Waals surface area contributed by atoms with Gasteiger partial charge in [-0.05, 0) is 25.5 Å². The number of nitrogens with two attached hydrogens (primary N) is 1. The molecule has 0 bridgehead atoms. The number of hydrogen-bond donors (Lipinski definition) is 1. The molecule has 2 N–H and O–H groups in total. The lowest BCUT2D eigenvalue weighted by atomic mass is 10.1. The summed E-state index contributed by atoms with van der Waals surface area (Å²) in [4.78, 5) is 4.84. The van der Waals surface area contributed by atoms with E-state index in [2.05, 4.69) is 4.98 Å². The molecule has 17 heavy (non-hydrogen) atoms. The van der Waals surface area contributed by atoms with Crippen LogP contribution in [0, 0.1) is 25.5 Å². The van der Waals surface area contributed by atoms with Crippen LogP contribution in [0.1, 0.15) is 21.7 Å². The molecule has 0 spiro atoms. The molecule has 0 aliphatic rings. The maximum atomic E-state index is 13.8. The number of nitrogen functional groups attached to an aromatic ring is 1. The number of aryl methyl sites for hydroxylation is 2. The Bertz CT molecular complexity index is 564. The fourth-order valence-electron chi connectivity index (χ4n) is 1.65. The largest absolute Gasteiger partial charge is 0.375 e. The first-order chi connectivity index (χ1) is 7.99. The number of rotatable bonds is 2. The smallest absolute Gasteiger partial charge is 0.180 e. The van der Waals surface area contributed by atoms with Crippen LogP contribution < -0.4 is 5.73 Å². The fourth-order valence-corrected chi connectivity index (χ4v) is 2.50. The minimum atomic E-state index is -0.528. The van der Waals surface area contributed by atoms with Gasteiger partial charge in [0.25, 0.3) is 0 Å². The van der Waals surface area contributed by atoms with Gasteiger partial charge in [0.15, 0.2) is 5.13 Å². The van der Waals surface area contributed by atoms with Gasteiger partial charge in [0.05, 0.1) is 5.69 Å². The monoisotopic (exact) mass is 254 g/mol. The summed E-state index contributed by atoms with van der Waals surface area (Å²) >= 11 is 1.27. The van der Waals surface area contributed by atoms with Gasteiger partial charge in [0, 0.05) is 16.9 Å². The summed E-state index contributed by atoms with van der Waals surface area (Å²) in [7, 11) is 0. The first kappa shape index (κ1) is 12.0. The average molecular weight is 254 g/mol. The van der Waals surface area contributed by atoms with Gasteiger partial charge in [-0.15, -0.1) is 11.3 Å². The van der Waals surface area contributed by atoms with Gasteiger partial charge in [-0.25, -0.2) is 13.8 Å². The number of aromatic nitrogens is 1. The summed E-state index contributed by atoms with van der Waals surface area (Å²) < 4.78 is 27.4. The van der Waals surface area contributed by atoms with E-state index in [0.717, 1.165) is 10.6 Å². The van der Waals surface area contributed by atoms with E-state index in [1.807, 2.05) is 0 Å². The Morgan fingerprint density at radius 1 is 1.29 bits per heavy atom. The molecule has 2 nitrogen and oxygen atoms in total. The van der Waals surface area contributed by atoms with E-state index in [1.165, 1.54) is 23.5 Å². The molecule has 0 radical (unpaired) electrons. The number of nitrogens with zero attached hydrogens (tertiary/aromatic N) is 1. The lowest BCUT2D eigenvalue weighted by molar-refractivity contribution is 0.556. The van der Waals surface area contributed by atoms with Crippen LogP contribution in [0.2, 0.25) is 0 Å². The van der Waals surface area contributed by atoms with Crippen LogP contribution in [0.25, 0.3) is 0 Å². The molecule has 0 aliphatic heterocycles. The maximum Gasteiger partial charge on any atom is 0.180 e. The maximum absolute atomic E-state index is 13.8. The lowest BCUT2D eigenvalue weighted by Gasteiger charge is -2.06. The van der Waals surface area contributed by atoms with Gasteiger partial charge in [-0.2, -0.15) is 0 Å². The zero-order valence-electron chi connectivity index (χ0n) is 9.55. The molecule has 1 heterocycles. The summed E-state index contributed by atoms with van der Waals surface area (Å²) in [5, 5.41) is 0.422. The van der Waals surface area contributed by atoms with Gasteiger partial charge in [-0.3, -0.25) is 0 Å². The number of thiazole rings is 1. The molecule has 0 atom stereocenters. The Balaban J connectivity index is 2.43. The fraction of sp³-hybridized carbons (Fsp3) is 0.250. The molecule has 90 valence electrons. The Hall–Kier alpha value is -1.49. The highest BCUT2D eigenvalue weighted by atomic mass is 32.1. The zero-order chi connectivity index (χ0) is 12.6. The normalized spacial score (nSPS) is 10.8. The Kier molecular flexibility index (Phi) is 3.11. The van der Waals surface area contributed by atoms with Crippen LogP contribution in [0.3, 0.4) is 0 Å². The van der Waals surface area contributed by atoms with Crippen molar-refractivity contribution in [3.8, 4) is 0 Å². The molecule has 5 heteroatoms. The Morgan fingerprint density at radius 3 is 2.59 bits per heavy atom. The van der Waals surface area contributed by atoms with Crippen LogP contribution in [0.15, 0.2) is 12.1 Å². The SMILES string of the molecule is Cc1ccc(F)c(Cc2sc(N)nc2C)c1F. The van der Waals surface area contributed by atoms with Crippen LogP contribution in [-0.2, 0) is 6.42 Å². The number of halogens is 2. The van der Waals surface area contributed by atoms with E-state index in [-0.39, 0.29) is 12.0 Å². The second-order valence-electron chi connectivity index (χ2n) is 3.89. The molecule has 0 amide bonds. The van der Waals surface area contributed by atoms with Gasteiger partial charge >= 0.3 is 0 Å². The van der Waals surface area contributed by atoms with Gasteiger partial charge in [0.2, 0.25) is 0 Å². The van der Waals surface area contributed by atoms with Crippen LogP contribution in [0.5, 0.6) is 0 Å². The van der Waals surface area contributed by atoms with Crippen molar-refractivity contribution in [3.05, 3.63) is 45.5 Å². The summed E-state index contributed by atoms with van der Waals surface area (Å²) in [6.07, 6.45) is 0.194. The Labute approximate surface area is 102 Å². The van der Waals surface area contributed by atoms with E-state index in [1.54, 1.807) is 13.8 Å². The molecule has 0 saturated heterocycles. The van der Waals surface area contributed by atoms with Gasteiger partial charge in [-0.1, -0.05) is 6.07 Å². The van der Waals surface area contributed by atoms with E-state index >= 15 is 0 Å². The third-order valence-electron chi connectivity index (χ3n) is 2.63. The molecule has 1 aromatic heterocycles. The predicted octanol–water partition coefficient (Wildman–Crippen LogP) is 3.21. The molecular formula is C12H12F2N2S. The standard InChI is InChI=1S/C12H12F2N2S/c1-6-3-4-9(13)8(11(6)14)5-10-7(2)16-12(15)17-10/h3-4H,5H2,1-2H3,(H2,15,16). The molecule has 1 aromatic carbocycles. The molecule has 2 rings (SSSR count). The summed E-state index contributed by atoms with van der Waals surface area (Å²) in [5.74, 6) is -1.02. The van der Waals surface area contributed by atoms with Crippen LogP contribution in [0.4, 0.5) is 13.9 Å². The topological polar surface area (TPSA) is 38.9 Å². The summed E-state index contributed by atoms with van der Waals surface area (Å²) in [6, 6.07) is 2.72. The first-order valence-corrected chi connectivity index (χ1v) is 5.96.